The van der Waals surface area contributed by atoms with Crippen LogP contribution in [0.4, 0.5) is 13.2 Å². The average Bonchev–Trinajstić information content (AvgIpc) is 3.55. The largest absolute Gasteiger partial charge is 0.472 e. The van der Waals surface area contributed by atoms with Crippen LogP contribution in [0.15, 0.2) is 60.0 Å². The summed E-state index contributed by atoms with van der Waals surface area (Å²) < 4.78 is 58.6. The molecule has 1 fully saturated rings. The number of halogens is 3. The summed E-state index contributed by atoms with van der Waals surface area (Å²) in [5.74, 6) is 0.233. The molecule has 2 atom stereocenters. The predicted molar refractivity (Wildman–Crippen MR) is 164 cm³/mol. The molecule has 4 heterocycles. The van der Waals surface area contributed by atoms with Gasteiger partial charge in [0.1, 0.15) is 12.2 Å². The summed E-state index contributed by atoms with van der Waals surface area (Å²) in [4.78, 5) is 13.8. The van der Waals surface area contributed by atoms with E-state index in [1.54, 1.807) is 17.0 Å². The Hall–Kier alpha value is -4.00. The van der Waals surface area contributed by atoms with Crippen LogP contribution in [0.1, 0.15) is 60.4 Å². The molecule has 45 heavy (non-hydrogen) atoms. The van der Waals surface area contributed by atoms with Crippen LogP contribution in [0.3, 0.4) is 0 Å². The Morgan fingerprint density at radius 3 is 2.64 bits per heavy atom. The Labute approximate surface area is 261 Å². The molecule has 1 N–H and O–H groups in total. The highest BCUT2D eigenvalue weighted by Gasteiger charge is 2.47. The van der Waals surface area contributed by atoms with E-state index in [9.17, 15) is 18.3 Å². The Bertz CT molecular complexity index is 1920. The summed E-state index contributed by atoms with van der Waals surface area (Å²) in [6.45, 7) is 3.72. The monoisotopic (exact) mass is 633 g/mol. The Kier molecular flexibility index (Phi) is 7.33. The fraction of sp³-hybridized carbons (Fsp3) is 0.333. The van der Waals surface area contributed by atoms with Crippen molar-refractivity contribution in [3.05, 3.63) is 82.8 Å². The van der Waals surface area contributed by atoms with Gasteiger partial charge in [-0.05, 0) is 68.2 Å². The second-order valence-corrected chi connectivity index (χ2v) is 12.2. The van der Waals surface area contributed by atoms with Crippen LogP contribution in [-0.2, 0) is 23.1 Å². The fourth-order valence-electron chi connectivity index (χ4n) is 6.48. The zero-order valence-electron chi connectivity index (χ0n) is 24.9. The van der Waals surface area contributed by atoms with Gasteiger partial charge >= 0.3 is 6.18 Å². The van der Waals surface area contributed by atoms with Gasteiger partial charge < -0.3 is 14.6 Å². The van der Waals surface area contributed by atoms with E-state index in [1.807, 2.05) is 30.3 Å². The number of hydrogen-bond donors (Lipinski definition) is 1. The van der Waals surface area contributed by atoms with E-state index in [0.717, 1.165) is 18.4 Å². The smallest absolute Gasteiger partial charge is 0.417 e. The van der Waals surface area contributed by atoms with Gasteiger partial charge in [-0.2, -0.15) is 23.3 Å². The molecule has 1 aliphatic carbocycles. The lowest BCUT2D eigenvalue weighted by Crippen LogP contribution is -2.23. The number of ether oxygens (including phenoxy) is 2. The Morgan fingerprint density at radius 1 is 1.13 bits per heavy atom. The number of fused-ring (bicyclic) bond motifs is 4. The van der Waals surface area contributed by atoms with Gasteiger partial charge in [0.2, 0.25) is 5.88 Å². The van der Waals surface area contributed by atoms with Crippen molar-refractivity contribution >= 4 is 22.7 Å². The highest BCUT2D eigenvalue weighted by molar-refractivity contribution is 7.98. The maximum Gasteiger partial charge on any atom is 0.417 e. The van der Waals surface area contributed by atoms with Gasteiger partial charge in [0, 0.05) is 29.3 Å². The number of benzene rings is 2. The third kappa shape index (κ3) is 4.95. The van der Waals surface area contributed by atoms with E-state index in [4.69, 9.17) is 9.47 Å². The zero-order chi connectivity index (χ0) is 31.5. The first-order valence-corrected chi connectivity index (χ1v) is 15.9. The summed E-state index contributed by atoms with van der Waals surface area (Å²) in [6, 6.07) is 12.7. The molecule has 0 saturated carbocycles. The third-order valence-corrected chi connectivity index (χ3v) is 9.02. The van der Waals surface area contributed by atoms with Gasteiger partial charge in [-0.1, -0.05) is 42.1 Å². The lowest BCUT2D eigenvalue weighted by atomic mass is 9.87. The van der Waals surface area contributed by atoms with Gasteiger partial charge in [0.15, 0.2) is 11.4 Å². The molecule has 7 rings (SSSR count). The molecule has 3 aromatic heterocycles. The van der Waals surface area contributed by atoms with Gasteiger partial charge in [0.25, 0.3) is 0 Å². The Morgan fingerprint density at radius 2 is 1.93 bits per heavy atom. The highest BCUT2D eigenvalue weighted by atomic mass is 32.2. The molecule has 1 aliphatic heterocycles. The molecule has 2 unspecified atom stereocenters. The number of rotatable bonds is 6. The zero-order valence-corrected chi connectivity index (χ0v) is 25.7. The second kappa shape index (κ2) is 11.1. The number of aromatic nitrogens is 5. The average molecular weight is 634 g/mol. The summed E-state index contributed by atoms with van der Waals surface area (Å²) in [5, 5.41) is 17.3. The number of aryl methyl sites for hydroxylation is 1. The first-order chi connectivity index (χ1) is 21.6. The maximum atomic E-state index is 14.9. The summed E-state index contributed by atoms with van der Waals surface area (Å²) in [6.07, 6.45) is 2.16. The standard InChI is InChI=1S/C33H30F3N5O3S/c1-18-15-22-21(16-38-41(22)23-11-7-8-14-43-23)24(26(18)33(34,35)36)28-27-20(12-13-37-28)25-29(32(27,2)42)39-31(45-3)40-30(25)44-17-19-9-5-4-6-10-19/h4-6,9-10,12-13,15-16,23,42H,7-8,11,14,17H2,1-3H3. The van der Waals surface area contributed by atoms with Gasteiger partial charge in [-0.15, -0.1) is 0 Å². The van der Waals surface area contributed by atoms with Crippen molar-refractivity contribution in [2.24, 2.45) is 0 Å². The van der Waals surface area contributed by atoms with Gasteiger partial charge in [0.05, 0.1) is 34.2 Å². The van der Waals surface area contributed by atoms with E-state index < -0.39 is 17.3 Å². The Balaban J connectivity index is 1.47. The molecule has 0 amide bonds. The lowest BCUT2D eigenvalue weighted by Gasteiger charge is -2.25. The molecule has 232 valence electrons. The molecule has 0 bridgehead atoms. The van der Waals surface area contributed by atoms with E-state index in [0.29, 0.717) is 34.8 Å². The van der Waals surface area contributed by atoms with Crippen LogP contribution in [0.5, 0.6) is 5.88 Å². The predicted octanol–water partition coefficient (Wildman–Crippen LogP) is 7.45. The minimum absolute atomic E-state index is 0.000323. The third-order valence-electron chi connectivity index (χ3n) is 8.47. The minimum atomic E-state index is -4.71. The molecule has 0 radical (unpaired) electrons. The van der Waals surface area contributed by atoms with Crippen molar-refractivity contribution in [3.8, 4) is 28.3 Å². The van der Waals surface area contributed by atoms with Crippen molar-refractivity contribution in [2.75, 3.05) is 12.9 Å². The second-order valence-electron chi connectivity index (χ2n) is 11.5. The molecule has 5 aromatic rings. The fourth-order valence-corrected chi connectivity index (χ4v) is 6.84. The van der Waals surface area contributed by atoms with Gasteiger partial charge in [-0.3, -0.25) is 4.98 Å². The number of nitrogens with zero attached hydrogens (tertiary/aromatic N) is 5. The van der Waals surface area contributed by atoms with Crippen LogP contribution in [0, 0.1) is 6.92 Å². The molecular weight excluding hydrogens is 603 g/mol. The first-order valence-electron chi connectivity index (χ1n) is 14.6. The molecule has 2 aromatic carbocycles. The van der Waals surface area contributed by atoms with Crippen LogP contribution in [0.25, 0.3) is 33.3 Å². The minimum Gasteiger partial charge on any atom is -0.472 e. The first kappa shape index (κ1) is 29.7. The molecule has 0 spiro atoms. The number of thioether (sulfide) groups is 1. The SMILES string of the molecule is CSc1nc(OCc2ccccc2)c2c(n1)C(C)(O)c1c-2ccnc1-c1c(C(F)(F)F)c(C)cc2c1cnn2C1CCCCO1. The van der Waals surface area contributed by atoms with Crippen LogP contribution in [-0.4, -0.2) is 42.7 Å². The van der Waals surface area contributed by atoms with Crippen LogP contribution in [0.2, 0.25) is 0 Å². The quantitative estimate of drug-likeness (QED) is 0.152. The topological polar surface area (TPSA) is 95.2 Å². The summed E-state index contributed by atoms with van der Waals surface area (Å²) in [5.41, 5.74) is -0.00763. The number of pyridine rings is 1. The maximum absolute atomic E-state index is 14.9. The summed E-state index contributed by atoms with van der Waals surface area (Å²) in [7, 11) is 0. The highest BCUT2D eigenvalue weighted by Crippen LogP contribution is 2.55. The molecular formula is C33H30F3N5O3S. The van der Waals surface area contributed by atoms with Crippen molar-refractivity contribution in [2.45, 2.75) is 62.9 Å². The molecule has 12 heteroatoms. The number of aliphatic hydroxyl groups is 1. The lowest BCUT2D eigenvalue weighted by molar-refractivity contribution is -0.137. The van der Waals surface area contributed by atoms with Crippen molar-refractivity contribution in [3.63, 3.8) is 0 Å². The van der Waals surface area contributed by atoms with E-state index >= 15 is 0 Å². The summed E-state index contributed by atoms with van der Waals surface area (Å²) >= 11 is 1.28. The van der Waals surface area contributed by atoms with Gasteiger partial charge in [-0.25, -0.2) is 9.67 Å². The van der Waals surface area contributed by atoms with Crippen molar-refractivity contribution < 1.29 is 27.8 Å². The normalized spacial score (nSPS) is 19.5. The molecule has 2 aliphatic rings. The van der Waals surface area contributed by atoms with Crippen LogP contribution >= 0.6 is 11.8 Å². The van der Waals surface area contributed by atoms with Crippen LogP contribution < -0.4 is 4.74 Å². The number of hydrogen-bond acceptors (Lipinski definition) is 8. The van der Waals surface area contributed by atoms with Crippen molar-refractivity contribution in [1.29, 1.82) is 0 Å². The van der Waals surface area contributed by atoms with E-state index in [-0.39, 0.29) is 52.2 Å². The molecule has 1 saturated heterocycles. The van der Waals surface area contributed by atoms with E-state index in [1.165, 1.54) is 44.1 Å². The molecule has 8 nitrogen and oxygen atoms in total. The van der Waals surface area contributed by atoms with Crippen molar-refractivity contribution in [1.82, 2.24) is 24.7 Å². The van der Waals surface area contributed by atoms with E-state index in [2.05, 4.69) is 20.1 Å². The number of alkyl halides is 3.